The fourth-order valence-electron chi connectivity index (χ4n) is 3.91. The van der Waals surface area contributed by atoms with E-state index in [-0.39, 0.29) is 5.97 Å². The summed E-state index contributed by atoms with van der Waals surface area (Å²) < 4.78 is 4.65. The number of carbonyl (C=O) groups excluding carboxylic acids is 1. The Bertz CT molecular complexity index is 262. The molecule has 0 unspecified atom stereocenters. The second-order valence-electron chi connectivity index (χ2n) is 6.83. The van der Waals surface area contributed by atoms with Crippen LogP contribution in [0.3, 0.4) is 0 Å². The summed E-state index contributed by atoms with van der Waals surface area (Å²) in [4.78, 5) is 11.0. The van der Waals surface area contributed by atoms with Gasteiger partial charge < -0.3 is 4.74 Å². The molecule has 0 aromatic carbocycles. The highest BCUT2D eigenvalue weighted by Gasteiger charge is 2.25. The number of carbonyl (C=O) groups is 1. The minimum absolute atomic E-state index is 0.0619. The van der Waals surface area contributed by atoms with E-state index < -0.39 is 0 Å². The number of esters is 1. The van der Waals surface area contributed by atoms with Gasteiger partial charge in [-0.25, -0.2) is 0 Å². The molecule has 0 spiro atoms. The molecule has 0 saturated heterocycles. The molecule has 0 aromatic heterocycles. The first-order chi connectivity index (χ1) is 10.3. The quantitative estimate of drug-likeness (QED) is 0.332. The van der Waals surface area contributed by atoms with E-state index in [1.54, 1.807) is 0 Å². The van der Waals surface area contributed by atoms with Crippen molar-refractivity contribution in [2.24, 2.45) is 11.8 Å². The van der Waals surface area contributed by atoms with Crippen LogP contribution in [0.15, 0.2) is 0 Å². The fourth-order valence-corrected chi connectivity index (χ4v) is 3.91. The van der Waals surface area contributed by atoms with Gasteiger partial charge in [0.15, 0.2) is 0 Å². The van der Waals surface area contributed by atoms with Crippen molar-refractivity contribution in [1.29, 1.82) is 0 Å². The monoisotopic (exact) mass is 296 g/mol. The van der Waals surface area contributed by atoms with E-state index in [0.29, 0.717) is 6.42 Å². The third-order valence-corrected chi connectivity index (χ3v) is 5.16. The Balaban J connectivity index is 1.87. The van der Waals surface area contributed by atoms with E-state index >= 15 is 0 Å². The number of rotatable bonds is 12. The largest absolute Gasteiger partial charge is 0.469 e. The molecule has 1 aliphatic rings. The molecule has 0 aliphatic heterocycles. The summed E-state index contributed by atoms with van der Waals surface area (Å²) in [6.45, 7) is 2.33. The maximum Gasteiger partial charge on any atom is 0.305 e. The SMILES string of the molecule is CCC[C@H]1CCC[C@H]1CCCCCCCCCC(=O)OC. The Hall–Kier alpha value is -0.530. The summed E-state index contributed by atoms with van der Waals surface area (Å²) in [6.07, 6.45) is 18.4. The van der Waals surface area contributed by atoms with Crippen molar-refractivity contribution < 1.29 is 9.53 Å². The zero-order valence-corrected chi connectivity index (χ0v) is 14.4. The van der Waals surface area contributed by atoms with Crippen LogP contribution in [-0.2, 0) is 9.53 Å². The number of hydrogen-bond acceptors (Lipinski definition) is 2. The Kier molecular flexibility index (Phi) is 10.6. The van der Waals surface area contributed by atoms with E-state index in [2.05, 4.69) is 11.7 Å². The smallest absolute Gasteiger partial charge is 0.305 e. The first-order valence-electron chi connectivity index (χ1n) is 9.34. The van der Waals surface area contributed by atoms with Gasteiger partial charge in [0, 0.05) is 6.42 Å². The maximum absolute atomic E-state index is 11.0. The molecule has 1 aliphatic carbocycles. The molecule has 2 heteroatoms. The summed E-state index contributed by atoms with van der Waals surface area (Å²) in [6, 6.07) is 0. The van der Waals surface area contributed by atoms with Gasteiger partial charge in [-0.1, -0.05) is 84.0 Å². The van der Waals surface area contributed by atoms with Gasteiger partial charge in [-0.05, 0) is 18.3 Å². The minimum atomic E-state index is -0.0619. The van der Waals surface area contributed by atoms with Crippen LogP contribution in [0, 0.1) is 11.8 Å². The molecule has 0 radical (unpaired) electrons. The van der Waals surface area contributed by atoms with Crippen molar-refractivity contribution in [2.75, 3.05) is 7.11 Å². The molecule has 2 atom stereocenters. The Morgan fingerprint density at radius 3 is 2.10 bits per heavy atom. The van der Waals surface area contributed by atoms with Crippen LogP contribution in [0.25, 0.3) is 0 Å². The van der Waals surface area contributed by atoms with Gasteiger partial charge in [0.05, 0.1) is 7.11 Å². The topological polar surface area (TPSA) is 26.3 Å². The van der Waals surface area contributed by atoms with E-state index in [1.165, 1.54) is 84.2 Å². The van der Waals surface area contributed by atoms with E-state index in [4.69, 9.17) is 0 Å². The first kappa shape index (κ1) is 18.5. The van der Waals surface area contributed by atoms with Gasteiger partial charge in [-0.2, -0.15) is 0 Å². The molecular formula is C19H36O2. The molecule has 124 valence electrons. The zero-order chi connectivity index (χ0) is 15.3. The third kappa shape index (κ3) is 8.48. The zero-order valence-electron chi connectivity index (χ0n) is 14.4. The molecule has 21 heavy (non-hydrogen) atoms. The molecule has 0 bridgehead atoms. The lowest BCUT2D eigenvalue weighted by atomic mass is 9.87. The van der Waals surface area contributed by atoms with Crippen LogP contribution in [0.5, 0.6) is 0 Å². The van der Waals surface area contributed by atoms with Crippen molar-refractivity contribution in [3.63, 3.8) is 0 Å². The standard InChI is InChI=1S/C19H36O2/c1-3-12-17-14-11-15-18(17)13-9-7-5-4-6-8-10-16-19(20)21-2/h17-18H,3-16H2,1-2H3/t17-,18+/m0/s1. The number of hydrogen-bond donors (Lipinski definition) is 0. The summed E-state index contributed by atoms with van der Waals surface area (Å²) in [7, 11) is 1.47. The Morgan fingerprint density at radius 1 is 0.905 bits per heavy atom. The highest BCUT2D eigenvalue weighted by atomic mass is 16.5. The summed E-state index contributed by atoms with van der Waals surface area (Å²) in [5, 5.41) is 0. The molecule has 0 N–H and O–H groups in total. The third-order valence-electron chi connectivity index (χ3n) is 5.16. The van der Waals surface area contributed by atoms with Crippen molar-refractivity contribution in [3.05, 3.63) is 0 Å². The molecule has 1 fully saturated rings. The van der Waals surface area contributed by atoms with Crippen LogP contribution in [0.4, 0.5) is 0 Å². The molecule has 2 nitrogen and oxygen atoms in total. The van der Waals surface area contributed by atoms with Crippen LogP contribution >= 0.6 is 0 Å². The number of unbranched alkanes of at least 4 members (excludes halogenated alkanes) is 6. The highest BCUT2D eigenvalue weighted by molar-refractivity contribution is 5.68. The fraction of sp³-hybridized carbons (Fsp3) is 0.947. The Labute approximate surface area is 132 Å². The lowest BCUT2D eigenvalue weighted by Gasteiger charge is -2.18. The maximum atomic E-state index is 11.0. The van der Waals surface area contributed by atoms with Gasteiger partial charge >= 0.3 is 5.97 Å². The van der Waals surface area contributed by atoms with Crippen LogP contribution in [-0.4, -0.2) is 13.1 Å². The van der Waals surface area contributed by atoms with E-state index in [0.717, 1.165) is 18.3 Å². The summed E-state index contributed by atoms with van der Waals surface area (Å²) in [5.74, 6) is 2.03. The highest BCUT2D eigenvalue weighted by Crippen LogP contribution is 2.38. The Morgan fingerprint density at radius 2 is 1.48 bits per heavy atom. The second kappa shape index (κ2) is 12.1. The van der Waals surface area contributed by atoms with Gasteiger partial charge in [-0.15, -0.1) is 0 Å². The molecule has 0 aromatic rings. The first-order valence-corrected chi connectivity index (χ1v) is 9.34. The van der Waals surface area contributed by atoms with Gasteiger partial charge in [-0.3, -0.25) is 4.79 Å². The lowest BCUT2D eigenvalue weighted by Crippen LogP contribution is -2.07. The normalized spacial score (nSPS) is 21.6. The number of methoxy groups -OCH3 is 1. The average Bonchev–Trinajstić information content (AvgIpc) is 2.93. The minimum Gasteiger partial charge on any atom is -0.469 e. The van der Waals surface area contributed by atoms with Crippen molar-refractivity contribution in [1.82, 2.24) is 0 Å². The van der Waals surface area contributed by atoms with Gasteiger partial charge in [0.2, 0.25) is 0 Å². The summed E-state index contributed by atoms with van der Waals surface area (Å²) >= 11 is 0. The van der Waals surface area contributed by atoms with Crippen LogP contribution in [0.1, 0.15) is 96.8 Å². The number of ether oxygens (including phenoxy) is 1. The molecule has 0 amide bonds. The molecule has 1 rings (SSSR count). The van der Waals surface area contributed by atoms with E-state index in [1.807, 2.05) is 0 Å². The van der Waals surface area contributed by atoms with Gasteiger partial charge in [0.25, 0.3) is 0 Å². The van der Waals surface area contributed by atoms with Crippen molar-refractivity contribution in [3.8, 4) is 0 Å². The van der Waals surface area contributed by atoms with Crippen LogP contribution in [0.2, 0.25) is 0 Å². The predicted octanol–water partition coefficient (Wildman–Crippen LogP) is 5.89. The average molecular weight is 296 g/mol. The molecule has 0 heterocycles. The van der Waals surface area contributed by atoms with Crippen LogP contribution < -0.4 is 0 Å². The molecular weight excluding hydrogens is 260 g/mol. The second-order valence-corrected chi connectivity index (χ2v) is 6.83. The summed E-state index contributed by atoms with van der Waals surface area (Å²) in [5.41, 5.74) is 0. The lowest BCUT2D eigenvalue weighted by molar-refractivity contribution is -0.140. The van der Waals surface area contributed by atoms with Crippen molar-refractivity contribution >= 4 is 5.97 Å². The predicted molar refractivity (Wildman–Crippen MR) is 89.3 cm³/mol. The van der Waals surface area contributed by atoms with E-state index in [9.17, 15) is 4.79 Å². The van der Waals surface area contributed by atoms with Crippen molar-refractivity contribution in [2.45, 2.75) is 96.8 Å². The molecule has 1 saturated carbocycles. The van der Waals surface area contributed by atoms with Gasteiger partial charge in [0.1, 0.15) is 0 Å².